The summed E-state index contributed by atoms with van der Waals surface area (Å²) in [7, 11) is 0. The normalized spacial score (nSPS) is 15.7. The van der Waals surface area contributed by atoms with Crippen LogP contribution in [-0.2, 0) is 0 Å². The van der Waals surface area contributed by atoms with E-state index in [1.54, 1.807) is 11.3 Å². The third-order valence-electron chi connectivity index (χ3n) is 7.32. The Morgan fingerprint density at radius 2 is 1.92 bits per heavy atom. The smallest absolute Gasteiger partial charge is 0.159 e. The van der Waals surface area contributed by atoms with E-state index in [1.165, 1.54) is 53.3 Å². The molecule has 200 valence electrons. The van der Waals surface area contributed by atoms with E-state index in [0.717, 1.165) is 51.5 Å². The lowest BCUT2D eigenvalue weighted by atomic mass is 10.00. The number of imidazole rings is 1. The molecule has 0 saturated carbocycles. The molecule has 6 heteroatoms. The van der Waals surface area contributed by atoms with Gasteiger partial charge in [0.2, 0.25) is 0 Å². The number of H-pyrrole nitrogens is 2. The van der Waals surface area contributed by atoms with E-state index in [1.807, 2.05) is 18.2 Å². The molecular formula is C33H37N5S. The Bertz CT molecular complexity index is 1580. The summed E-state index contributed by atoms with van der Waals surface area (Å²) in [5.41, 5.74) is 8.36. The van der Waals surface area contributed by atoms with Gasteiger partial charge in [0, 0.05) is 33.0 Å². The standard InChI is InChI=1S/C33H37N5S/c1-6-12-27(30-16-13-22(4)39-30)31-23(5)34-33(35-31)32-28-20-26(14-15-29(28)36-37-32)25(8-3)19-24(7-2)21-38-17-10-9-11-18-38/h6-8,12-16,19-20H,1-2,9-11,17-18,21H2,3-5H3,(H,34,35)(H,36,37)/b24-19+,25-8+,27-12-. The summed E-state index contributed by atoms with van der Waals surface area (Å²) in [6.07, 6.45) is 14.2. The molecule has 4 aromatic rings. The van der Waals surface area contributed by atoms with Gasteiger partial charge in [-0.1, -0.05) is 56.0 Å². The third-order valence-corrected chi connectivity index (χ3v) is 8.35. The highest BCUT2D eigenvalue weighted by Gasteiger charge is 2.19. The minimum Gasteiger partial charge on any atom is -0.340 e. The molecule has 0 atom stereocenters. The number of nitrogens with zero attached hydrogens (tertiary/aromatic N) is 3. The topological polar surface area (TPSA) is 60.6 Å². The Balaban J connectivity index is 1.49. The average Bonchev–Trinajstić information content (AvgIpc) is 3.68. The van der Waals surface area contributed by atoms with E-state index >= 15 is 0 Å². The maximum atomic E-state index is 5.04. The zero-order valence-corrected chi connectivity index (χ0v) is 24.0. The number of aryl methyl sites for hydroxylation is 2. The van der Waals surface area contributed by atoms with Gasteiger partial charge in [0.15, 0.2) is 5.82 Å². The highest BCUT2D eigenvalue weighted by atomic mass is 32.1. The fourth-order valence-electron chi connectivity index (χ4n) is 5.26. The highest BCUT2D eigenvalue weighted by molar-refractivity contribution is 7.13. The van der Waals surface area contributed by atoms with Crippen molar-refractivity contribution in [2.75, 3.05) is 19.6 Å². The molecule has 1 aliphatic heterocycles. The summed E-state index contributed by atoms with van der Waals surface area (Å²) >= 11 is 1.76. The quantitative estimate of drug-likeness (QED) is 0.212. The number of likely N-dealkylation sites (tertiary alicyclic amines) is 1. The fourth-order valence-corrected chi connectivity index (χ4v) is 6.16. The third kappa shape index (κ3) is 5.82. The number of thiophene rings is 1. The van der Waals surface area contributed by atoms with E-state index in [0.29, 0.717) is 0 Å². The zero-order chi connectivity index (χ0) is 27.4. The number of piperidine rings is 1. The minimum atomic E-state index is 0.753. The molecule has 0 aliphatic carbocycles. The molecule has 1 aliphatic rings. The monoisotopic (exact) mass is 535 g/mol. The second-order valence-electron chi connectivity index (χ2n) is 10.1. The predicted octanol–water partition coefficient (Wildman–Crippen LogP) is 8.25. The summed E-state index contributed by atoms with van der Waals surface area (Å²) in [6, 6.07) is 10.8. The van der Waals surface area contributed by atoms with Crippen molar-refractivity contribution in [3.63, 3.8) is 0 Å². The highest BCUT2D eigenvalue weighted by Crippen LogP contribution is 2.34. The maximum absolute atomic E-state index is 5.04. The second kappa shape index (κ2) is 12.0. The first-order valence-electron chi connectivity index (χ1n) is 13.7. The van der Waals surface area contributed by atoms with Gasteiger partial charge in [0.1, 0.15) is 5.69 Å². The lowest BCUT2D eigenvalue weighted by Gasteiger charge is -2.26. The fraction of sp³-hybridized carbons (Fsp3) is 0.273. The first-order valence-corrected chi connectivity index (χ1v) is 14.5. The predicted molar refractivity (Wildman–Crippen MR) is 167 cm³/mol. The molecule has 1 fully saturated rings. The summed E-state index contributed by atoms with van der Waals surface area (Å²) in [5.74, 6) is 0.753. The lowest BCUT2D eigenvalue weighted by Crippen LogP contribution is -2.31. The molecule has 1 saturated heterocycles. The van der Waals surface area contributed by atoms with Gasteiger partial charge in [-0.25, -0.2) is 4.98 Å². The van der Waals surface area contributed by atoms with Gasteiger partial charge >= 0.3 is 0 Å². The number of aromatic nitrogens is 4. The van der Waals surface area contributed by atoms with E-state index in [9.17, 15) is 0 Å². The number of fused-ring (bicyclic) bond motifs is 1. The van der Waals surface area contributed by atoms with Gasteiger partial charge in [-0.05, 0) is 87.7 Å². The van der Waals surface area contributed by atoms with Crippen molar-refractivity contribution < 1.29 is 0 Å². The largest absolute Gasteiger partial charge is 0.340 e. The van der Waals surface area contributed by atoms with Crippen molar-refractivity contribution in [3.05, 3.63) is 106 Å². The number of benzene rings is 1. The second-order valence-corrected chi connectivity index (χ2v) is 11.4. The summed E-state index contributed by atoms with van der Waals surface area (Å²) in [4.78, 5) is 13.5. The van der Waals surface area contributed by atoms with Gasteiger partial charge in [-0.2, -0.15) is 5.10 Å². The zero-order valence-electron chi connectivity index (χ0n) is 23.2. The molecule has 0 spiro atoms. The Morgan fingerprint density at radius 3 is 2.62 bits per heavy atom. The van der Waals surface area contributed by atoms with Crippen molar-refractivity contribution in [1.82, 2.24) is 25.1 Å². The van der Waals surface area contributed by atoms with Crippen LogP contribution in [0.25, 0.3) is 33.6 Å². The van der Waals surface area contributed by atoms with Gasteiger partial charge < -0.3 is 4.98 Å². The number of rotatable bonds is 9. The number of aromatic amines is 2. The van der Waals surface area contributed by atoms with Crippen LogP contribution in [0.3, 0.4) is 0 Å². The Kier molecular flexibility index (Phi) is 8.24. The summed E-state index contributed by atoms with van der Waals surface area (Å²) < 4.78 is 0. The molecule has 0 unspecified atom stereocenters. The van der Waals surface area contributed by atoms with Crippen LogP contribution in [0.15, 0.2) is 79.4 Å². The number of nitrogens with one attached hydrogen (secondary N) is 2. The maximum Gasteiger partial charge on any atom is 0.159 e. The van der Waals surface area contributed by atoms with Crippen LogP contribution >= 0.6 is 11.3 Å². The summed E-state index contributed by atoms with van der Waals surface area (Å²) in [6.45, 7) is 17.6. The first-order chi connectivity index (χ1) is 19.0. The molecule has 39 heavy (non-hydrogen) atoms. The van der Waals surface area contributed by atoms with Gasteiger partial charge in [-0.15, -0.1) is 11.3 Å². The van der Waals surface area contributed by atoms with Gasteiger partial charge in [-0.3, -0.25) is 10.00 Å². The molecule has 2 N–H and O–H groups in total. The molecule has 3 aromatic heterocycles. The van der Waals surface area contributed by atoms with Crippen molar-refractivity contribution in [2.45, 2.75) is 40.0 Å². The molecule has 4 heterocycles. The summed E-state index contributed by atoms with van der Waals surface area (Å²) in [5, 5.41) is 8.91. The molecule has 0 bridgehead atoms. The lowest BCUT2D eigenvalue weighted by molar-refractivity contribution is 0.248. The first kappa shape index (κ1) is 26.9. The van der Waals surface area contributed by atoms with Crippen molar-refractivity contribution >= 4 is 33.4 Å². The molecule has 0 amide bonds. The van der Waals surface area contributed by atoms with Crippen LogP contribution < -0.4 is 0 Å². The van der Waals surface area contributed by atoms with Crippen molar-refractivity contribution in [2.24, 2.45) is 0 Å². The van der Waals surface area contributed by atoms with Crippen LogP contribution in [-0.4, -0.2) is 44.7 Å². The van der Waals surface area contributed by atoms with Crippen LogP contribution in [0.1, 0.15) is 52.9 Å². The molecule has 1 aromatic carbocycles. The molecule has 0 radical (unpaired) electrons. The number of hydrogen-bond donors (Lipinski definition) is 2. The Labute approximate surface area is 235 Å². The Hall–Kier alpha value is -3.74. The van der Waals surface area contributed by atoms with Crippen LogP contribution in [0.2, 0.25) is 0 Å². The van der Waals surface area contributed by atoms with Crippen LogP contribution in [0.5, 0.6) is 0 Å². The van der Waals surface area contributed by atoms with E-state index in [4.69, 9.17) is 4.98 Å². The Morgan fingerprint density at radius 1 is 1.10 bits per heavy atom. The van der Waals surface area contributed by atoms with Crippen molar-refractivity contribution in [3.8, 4) is 11.5 Å². The average molecular weight is 536 g/mol. The molecule has 5 rings (SSSR count). The van der Waals surface area contributed by atoms with Crippen LogP contribution in [0, 0.1) is 13.8 Å². The van der Waals surface area contributed by atoms with Gasteiger partial charge in [0.25, 0.3) is 0 Å². The molecular weight excluding hydrogens is 498 g/mol. The van der Waals surface area contributed by atoms with E-state index in [2.05, 4.69) is 96.5 Å². The van der Waals surface area contributed by atoms with Gasteiger partial charge in [0.05, 0.1) is 11.2 Å². The number of allylic oxidation sites excluding steroid dienone is 5. The number of hydrogen-bond acceptors (Lipinski definition) is 4. The minimum absolute atomic E-state index is 0.753. The van der Waals surface area contributed by atoms with Crippen molar-refractivity contribution in [1.29, 1.82) is 0 Å². The SMILES string of the molecule is C=C/C=C(/c1ccc(C)s1)c1nc(-c2n[nH]c3ccc(C(/C=C(\C=C)CN4CCCCC4)=C/C)cc23)[nH]c1C. The van der Waals surface area contributed by atoms with E-state index < -0.39 is 0 Å². The van der Waals surface area contributed by atoms with E-state index in [-0.39, 0.29) is 0 Å². The molecule has 5 nitrogen and oxygen atoms in total. The van der Waals surface area contributed by atoms with Crippen LogP contribution in [0.4, 0.5) is 0 Å².